The molecule has 0 fully saturated rings. The van der Waals surface area contributed by atoms with Gasteiger partial charge >= 0.3 is 0 Å². The summed E-state index contributed by atoms with van der Waals surface area (Å²) in [6.45, 7) is 4.94. The number of nitrogens with one attached hydrogen (secondary N) is 1. The molecule has 3 nitrogen and oxygen atoms in total. The largest absolute Gasteiger partial charge is 0.369 e. The first kappa shape index (κ1) is 12.0. The van der Waals surface area contributed by atoms with Gasteiger partial charge in [0.2, 0.25) is 0 Å². The summed E-state index contributed by atoms with van der Waals surface area (Å²) >= 11 is 3.42. The first-order valence-electron chi connectivity index (χ1n) is 5.55. The van der Waals surface area contributed by atoms with Crippen molar-refractivity contribution in [2.45, 2.75) is 13.8 Å². The van der Waals surface area contributed by atoms with Crippen LogP contribution >= 0.6 is 15.9 Å². The molecule has 0 amide bonds. The highest BCUT2D eigenvalue weighted by atomic mass is 79.9. The Bertz CT molecular complexity index is 509. The zero-order chi connectivity index (χ0) is 12.3. The van der Waals surface area contributed by atoms with Crippen molar-refractivity contribution in [3.8, 4) is 11.3 Å². The summed E-state index contributed by atoms with van der Waals surface area (Å²) in [5.41, 5.74) is 3.14. The van der Waals surface area contributed by atoms with E-state index < -0.39 is 0 Å². The second-order valence-corrected chi connectivity index (χ2v) is 4.71. The molecule has 1 aromatic carbocycles. The van der Waals surface area contributed by atoms with Crippen LogP contribution in [0.3, 0.4) is 0 Å². The molecule has 0 unspecified atom stereocenters. The van der Waals surface area contributed by atoms with Crippen LogP contribution in [0, 0.1) is 6.92 Å². The maximum Gasteiger partial charge on any atom is 0.148 e. The number of aromatic nitrogens is 2. The third-order valence-corrected chi connectivity index (χ3v) is 2.99. The van der Waals surface area contributed by atoms with Gasteiger partial charge in [-0.1, -0.05) is 28.1 Å². The van der Waals surface area contributed by atoms with E-state index >= 15 is 0 Å². The number of benzene rings is 1. The van der Waals surface area contributed by atoms with E-state index in [0.29, 0.717) is 0 Å². The molecule has 1 N–H and O–H groups in total. The second-order valence-electron chi connectivity index (χ2n) is 3.80. The van der Waals surface area contributed by atoms with E-state index in [-0.39, 0.29) is 0 Å². The van der Waals surface area contributed by atoms with Gasteiger partial charge in [0.05, 0.1) is 5.69 Å². The highest BCUT2D eigenvalue weighted by Gasteiger charge is 2.05. The molecule has 17 heavy (non-hydrogen) atoms. The van der Waals surface area contributed by atoms with Gasteiger partial charge in [-0.3, -0.25) is 0 Å². The molecule has 88 valence electrons. The summed E-state index contributed by atoms with van der Waals surface area (Å²) in [5, 5.41) is 11.6. The van der Waals surface area contributed by atoms with Crippen LogP contribution in [-0.4, -0.2) is 16.7 Å². The molecule has 0 saturated carbocycles. The molecule has 0 aliphatic heterocycles. The molecule has 0 saturated heterocycles. The quantitative estimate of drug-likeness (QED) is 0.938. The van der Waals surface area contributed by atoms with Crippen LogP contribution < -0.4 is 5.32 Å². The van der Waals surface area contributed by atoms with Crippen molar-refractivity contribution < 1.29 is 0 Å². The number of rotatable bonds is 3. The van der Waals surface area contributed by atoms with E-state index in [9.17, 15) is 0 Å². The monoisotopic (exact) mass is 291 g/mol. The van der Waals surface area contributed by atoms with Gasteiger partial charge < -0.3 is 5.32 Å². The number of anilines is 1. The van der Waals surface area contributed by atoms with Crippen LogP contribution in [0.1, 0.15) is 12.5 Å². The zero-order valence-electron chi connectivity index (χ0n) is 9.87. The van der Waals surface area contributed by atoms with E-state index in [1.807, 2.05) is 44.2 Å². The fraction of sp³-hybridized carbons (Fsp3) is 0.231. The molecule has 2 rings (SSSR count). The molecule has 4 heteroatoms. The predicted molar refractivity (Wildman–Crippen MR) is 74.1 cm³/mol. The van der Waals surface area contributed by atoms with Crippen LogP contribution in [0.2, 0.25) is 0 Å². The molecule has 0 aliphatic rings. The van der Waals surface area contributed by atoms with Crippen LogP contribution in [-0.2, 0) is 0 Å². The Morgan fingerprint density at radius 3 is 2.47 bits per heavy atom. The third kappa shape index (κ3) is 2.82. The van der Waals surface area contributed by atoms with E-state index in [4.69, 9.17) is 0 Å². The second kappa shape index (κ2) is 5.27. The van der Waals surface area contributed by atoms with Crippen molar-refractivity contribution >= 4 is 21.7 Å². The average molecular weight is 292 g/mol. The number of hydrogen-bond donors (Lipinski definition) is 1. The summed E-state index contributed by atoms with van der Waals surface area (Å²) in [4.78, 5) is 0. The molecule has 0 spiro atoms. The van der Waals surface area contributed by atoms with Gasteiger partial charge in [-0.05, 0) is 37.6 Å². The number of hydrogen-bond acceptors (Lipinski definition) is 3. The molecular weight excluding hydrogens is 278 g/mol. The zero-order valence-corrected chi connectivity index (χ0v) is 11.5. The van der Waals surface area contributed by atoms with Crippen molar-refractivity contribution in [2.75, 3.05) is 11.9 Å². The number of halogens is 1. The molecule has 0 aliphatic carbocycles. The summed E-state index contributed by atoms with van der Waals surface area (Å²) in [6, 6.07) is 10.1. The average Bonchev–Trinajstić information content (AvgIpc) is 2.31. The van der Waals surface area contributed by atoms with Gasteiger partial charge in [0, 0.05) is 16.6 Å². The van der Waals surface area contributed by atoms with Crippen molar-refractivity contribution in [3.63, 3.8) is 0 Å². The van der Waals surface area contributed by atoms with Gasteiger partial charge in [0.25, 0.3) is 0 Å². The lowest BCUT2D eigenvalue weighted by Gasteiger charge is -2.07. The summed E-state index contributed by atoms with van der Waals surface area (Å²) < 4.78 is 1.07. The van der Waals surface area contributed by atoms with Crippen LogP contribution in [0.4, 0.5) is 5.82 Å². The van der Waals surface area contributed by atoms with E-state index in [2.05, 4.69) is 31.4 Å². The predicted octanol–water partition coefficient (Wildman–Crippen LogP) is 3.65. The van der Waals surface area contributed by atoms with E-state index in [0.717, 1.165) is 33.7 Å². The highest BCUT2D eigenvalue weighted by molar-refractivity contribution is 9.10. The minimum atomic E-state index is 0.825. The number of aryl methyl sites for hydroxylation is 1. The summed E-state index contributed by atoms with van der Waals surface area (Å²) in [6.07, 6.45) is 0. The lowest BCUT2D eigenvalue weighted by molar-refractivity contribution is 1.00. The maximum absolute atomic E-state index is 4.27. The smallest absolute Gasteiger partial charge is 0.148 e. The Morgan fingerprint density at radius 2 is 1.88 bits per heavy atom. The lowest BCUT2D eigenvalue weighted by atomic mass is 10.1. The fourth-order valence-electron chi connectivity index (χ4n) is 1.65. The Labute approximate surface area is 109 Å². The summed E-state index contributed by atoms with van der Waals surface area (Å²) in [5.74, 6) is 0.825. The van der Waals surface area contributed by atoms with Gasteiger partial charge in [-0.2, -0.15) is 0 Å². The van der Waals surface area contributed by atoms with Crippen molar-refractivity contribution in [3.05, 3.63) is 40.4 Å². The molecule has 0 radical (unpaired) electrons. The third-order valence-electron chi connectivity index (χ3n) is 2.46. The Balaban J connectivity index is 2.36. The van der Waals surface area contributed by atoms with Crippen LogP contribution in [0.15, 0.2) is 34.8 Å². The van der Waals surface area contributed by atoms with E-state index in [1.54, 1.807) is 0 Å². The van der Waals surface area contributed by atoms with Gasteiger partial charge in [0.1, 0.15) is 5.82 Å². The molecule has 0 atom stereocenters. The minimum absolute atomic E-state index is 0.825. The first-order chi connectivity index (χ1) is 8.20. The van der Waals surface area contributed by atoms with Gasteiger partial charge in [-0.25, -0.2) is 0 Å². The normalized spacial score (nSPS) is 10.3. The van der Waals surface area contributed by atoms with Gasteiger partial charge in [0.15, 0.2) is 0 Å². The van der Waals surface area contributed by atoms with Gasteiger partial charge in [-0.15, -0.1) is 10.2 Å². The highest BCUT2D eigenvalue weighted by Crippen LogP contribution is 2.23. The Morgan fingerprint density at radius 1 is 1.18 bits per heavy atom. The van der Waals surface area contributed by atoms with Crippen molar-refractivity contribution in [1.82, 2.24) is 10.2 Å². The SMILES string of the molecule is CCNc1cc(C)c(-c2ccc(Br)cc2)nn1. The lowest BCUT2D eigenvalue weighted by Crippen LogP contribution is -2.02. The molecule has 1 heterocycles. The molecule has 0 bridgehead atoms. The number of nitrogens with zero attached hydrogens (tertiary/aromatic N) is 2. The van der Waals surface area contributed by atoms with Crippen LogP contribution in [0.5, 0.6) is 0 Å². The Kier molecular flexibility index (Phi) is 3.74. The topological polar surface area (TPSA) is 37.8 Å². The van der Waals surface area contributed by atoms with E-state index in [1.165, 1.54) is 0 Å². The standard InChI is InChI=1S/C13H14BrN3/c1-3-15-12-8-9(2)13(17-16-12)10-4-6-11(14)7-5-10/h4-8H,3H2,1-2H3,(H,15,16). The molecule has 2 aromatic rings. The molecule has 1 aromatic heterocycles. The van der Waals surface area contributed by atoms with Crippen molar-refractivity contribution in [1.29, 1.82) is 0 Å². The fourth-order valence-corrected chi connectivity index (χ4v) is 1.91. The molecular formula is C13H14BrN3. The van der Waals surface area contributed by atoms with Crippen LogP contribution in [0.25, 0.3) is 11.3 Å². The summed E-state index contributed by atoms with van der Waals surface area (Å²) in [7, 11) is 0. The van der Waals surface area contributed by atoms with Crippen molar-refractivity contribution in [2.24, 2.45) is 0 Å². The first-order valence-corrected chi connectivity index (χ1v) is 6.34. The minimum Gasteiger partial charge on any atom is -0.369 e. The Hall–Kier alpha value is -1.42. The maximum atomic E-state index is 4.27.